The molecule has 2 aromatic carbocycles. The highest BCUT2D eigenvalue weighted by Crippen LogP contribution is 2.25. The van der Waals surface area contributed by atoms with E-state index in [0.29, 0.717) is 4.88 Å². The van der Waals surface area contributed by atoms with Crippen molar-refractivity contribution in [1.29, 1.82) is 0 Å². The molecule has 0 saturated heterocycles. The lowest BCUT2D eigenvalue weighted by Gasteiger charge is -2.05. The second kappa shape index (κ2) is 5.74. The summed E-state index contributed by atoms with van der Waals surface area (Å²) in [5, 5.41) is 6.00. The van der Waals surface area contributed by atoms with Crippen LogP contribution in [0.3, 0.4) is 0 Å². The van der Waals surface area contributed by atoms with Crippen molar-refractivity contribution in [3.05, 3.63) is 77.0 Å². The van der Waals surface area contributed by atoms with E-state index < -0.39 is 0 Å². The summed E-state index contributed by atoms with van der Waals surface area (Å²) < 4.78 is 0. The molecule has 2 heterocycles. The van der Waals surface area contributed by atoms with E-state index in [1.807, 2.05) is 53.9 Å². The fourth-order valence-corrected chi connectivity index (χ4v) is 3.18. The van der Waals surface area contributed by atoms with Crippen LogP contribution in [0, 0.1) is 0 Å². The van der Waals surface area contributed by atoms with Crippen molar-refractivity contribution in [2.24, 2.45) is 0 Å². The van der Waals surface area contributed by atoms with Crippen LogP contribution >= 0.6 is 11.3 Å². The molecule has 0 unspecified atom stereocenters. The van der Waals surface area contributed by atoms with E-state index in [0.717, 1.165) is 22.5 Å². The molecule has 2 aromatic heterocycles. The van der Waals surface area contributed by atoms with Crippen LogP contribution in [0.5, 0.6) is 0 Å². The van der Waals surface area contributed by atoms with Crippen LogP contribution in [0.4, 0.5) is 5.69 Å². The molecule has 0 bridgehead atoms. The third-order valence-electron chi connectivity index (χ3n) is 3.73. The maximum atomic E-state index is 12.0. The molecule has 4 rings (SSSR count). The number of aromatic nitrogens is 1. The van der Waals surface area contributed by atoms with Gasteiger partial charge in [0.15, 0.2) is 0 Å². The van der Waals surface area contributed by atoms with Gasteiger partial charge in [0, 0.05) is 22.3 Å². The Kier molecular flexibility index (Phi) is 3.44. The molecule has 4 heteroatoms. The van der Waals surface area contributed by atoms with Crippen molar-refractivity contribution < 1.29 is 4.79 Å². The second-order valence-corrected chi connectivity index (χ2v) is 6.23. The quantitative estimate of drug-likeness (QED) is 0.539. The highest BCUT2D eigenvalue weighted by atomic mass is 32.1. The zero-order valence-electron chi connectivity index (χ0n) is 12.2. The molecule has 23 heavy (non-hydrogen) atoms. The van der Waals surface area contributed by atoms with Gasteiger partial charge in [0.05, 0.1) is 4.88 Å². The Bertz CT molecular complexity index is 920. The Morgan fingerprint density at radius 3 is 2.52 bits per heavy atom. The van der Waals surface area contributed by atoms with Gasteiger partial charge in [-0.1, -0.05) is 36.4 Å². The monoisotopic (exact) mass is 318 g/mol. The predicted molar refractivity (Wildman–Crippen MR) is 96.0 cm³/mol. The Balaban J connectivity index is 1.57. The number of anilines is 1. The van der Waals surface area contributed by atoms with Gasteiger partial charge in [-0.15, -0.1) is 11.3 Å². The molecule has 4 aromatic rings. The zero-order valence-corrected chi connectivity index (χ0v) is 13.1. The molecule has 3 nitrogen and oxygen atoms in total. The number of para-hydroxylation sites is 1. The fraction of sp³-hybridized carbons (Fsp3) is 0. The standard InChI is InChI=1S/C19H14N2OS/c22-19(18-6-3-11-23-18)20-15-9-7-13(8-10-15)17-12-14-4-1-2-5-16(14)21-17/h1-12,21H,(H,20,22). The van der Waals surface area contributed by atoms with E-state index >= 15 is 0 Å². The van der Waals surface area contributed by atoms with E-state index in [-0.39, 0.29) is 5.91 Å². The molecule has 0 spiro atoms. The van der Waals surface area contributed by atoms with E-state index in [1.54, 1.807) is 0 Å². The largest absolute Gasteiger partial charge is 0.355 e. The number of fused-ring (bicyclic) bond motifs is 1. The van der Waals surface area contributed by atoms with E-state index in [2.05, 4.69) is 28.5 Å². The van der Waals surface area contributed by atoms with Crippen LogP contribution in [-0.4, -0.2) is 10.9 Å². The van der Waals surface area contributed by atoms with Crippen LogP contribution in [-0.2, 0) is 0 Å². The number of carbonyl (C=O) groups is 1. The molecule has 0 radical (unpaired) electrons. The van der Waals surface area contributed by atoms with Crippen molar-refractivity contribution in [2.45, 2.75) is 0 Å². The lowest BCUT2D eigenvalue weighted by atomic mass is 10.1. The lowest BCUT2D eigenvalue weighted by Crippen LogP contribution is -2.09. The van der Waals surface area contributed by atoms with Gasteiger partial charge in [0.25, 0.3) is 5.91 Å². The number of aromatic amines is 1. The minimum Gasteiger partial charge on any atom is -0.355 e. The van der Waals surface area contributed by atoms with Gasteiger partial charge in [-0.2, -0.15) is 0 Å². The smallest absolute Gasteiger partial charge is 0.265 e. The number of benzene rings is 2. The third-order valence-corrected chi connectivity index (χ3v) is 4.60. The number of carbonyl (C=O) groups excluding carboxylic acids is 1. The maximum absolute atomic E-state index is 12.0. The van der Waals surface area contributed by atoms with Gasteiger partial charge < -0.3 is 10.3 Å². The molecular formula is C19H14N2OS. The number of hydrogen-bond donors (Lipinski definition) is 2. The van der Waals surface area contributed by atoms with Crippen molar-refractivity contribution in [2.75, 3.05) is 5.32 Å². The fourth-order valence-electron chi connectivity index (χ4n) is 2.56. The second-order valence-electron chi connectivity index (χ2n) is 5.28. The molecule has 0 saturated carbocycles. The van der Waals surface area contributed by atoms with Crippen LogP contribution in [0.15, 0.2) is 72.1 Å². The number of thiophene rings is 1. The predicted octanol–water partition coefficient (Wildman–Crippen LogP) is 5.15. The molecular weight excluding hydrogens is 304 g/mol. The summed E-state index contributed by atoms with van der Waals surface area (Å²) in [5.41, 5.74) is 4.08. The van der Waals surface area contributed by atoms with Gasteiger partial charge >= 0.3 is 0 Å². The summed E-state index contributed by atoms with van der Waals surface area (Å²) >= 11 is 1.44. The van der Waals surface area contributed by atoms with Crippen molar-refractivity contribution in [3.8, 4) is 11.3 Å². The molecule has 2 N–H and O–H groups in total. The Morgan fingerprint density at radius 1 is 0.957 bits per heavy atom. The minimum atomic E-state index is -0.0710. The number of amides is 1. The average Bonchev–Trinajstić information content (AvgIpc) is 3.25. The Hall–Kier alpha value is -2.85. The Morgan fingerprint density at radius 2 is 1.78 bits per heavy atom. The summed E-state index contributed by atoms with van der Waals surface area (Å²) in [5.74, 6) is -0.0710. The maximum Gasteiger partial charge on any atom is 0.265 e. The van der Waals surface area contributed by atoms with Crippen LogP contribution in [0.2, 0.25) is 0 Å². The SMILES string of the molecule is O=C(Nc1ccc(-c2cc3ccccc3[nH]2)cc1)c1cccs1. The number of nitrogens with one attached hydrogen (secondary N) is 2. The van der Waals surface area contributed by atoms with Crippen molar-refractivity contribution in [3.63, 3.8) is 0 Å². The topological polar surface area (TPSA) is 44.9 Å². The molecule has 1 amide bonds. The Labute approximate surface area is 137 Å². The lowest BCUT2D eigenvalue weighted by molar-refractivity contribution is 0.103. The van der Waals surface area contributed by atoms with Crippen molar-refractivity contribution >= 4 is 33.8 Å². The number of hydrogen-bond acceptors (Lipinski definition) is 2. The van der Waals surface area contributed by atoms with E-state index in [9.17, 15) is 4.79 Å². The van der Waals surface area contributed by atoms with Crippen LogP contribution in [0.1, 0.15) is 9.67 Å². The van der Waals surface area contributed by atoms with E-state index in [4.69, 9.17) is 0 Å². The first kappa shape index (κ1) is 13.8. The van der Waals surface area contributed by atoms with Crippen molar-refractivity contribution in [1.82, 2.24) is 4.98 Å². The van der Waals surface area contributed by atoms with Gasteiger partial charge in [-0.3, -0.25) is 4.79 Å². The molecule has 0 aliphatic rings. The number of H-pyrrole nitrogens is 1. The van der Waals surface area contributed by atoms with Crippen LogP contribution in [0.25, 0.3) is 22.2 Å². The molecule has 0 aliphatic carbocycles. The normalized spacial score (nSPS) is 10.8. The summed E-state index contributed by atoms with van der Waals surface area (Å²) in [6.07, 6.45) is 0. The van der Waals surface area contributed by atoms with Gasteiger partial charge in [-0.25, -0.2) is 0 Å². The number of rotatable bonds is 3. The van der Waals surface area contributed by atoms with Gasteiger partial charge in [0.1, 0.15) is 0 Å². The highest BCUT2D eigenvalue weighted by Gasteiger charge is 2.07. The highest BCUT2D eigenvalue weighted by molar-refractivity contribution is 7.12. The first-order valence-electron chi connectivity index (χ1n) is 7.33. The zero-order chi connectivity index (χ0) is 15.6. The molecule has 0 atom stereocenters. The average molecular weight is 318 g/mol. The minimum absolute atomic E-state index is 0.0710. The first-order valence-corrected chi connectivity index (χ1v) is 8.21. The summed E-state index contributed by atoms with van der Waals surface area (Å²) in [6.45, 7) is 0. The molecule has 0 aliphatic heterocycles. The van der Waals surface area contributed by atoms with Gasteiger partial charge in [-0.05, 0) is 41.3 Å². The summed E-state index contributed by atoms with van der Waals surface area (Å²) in [6, 6.07) is 21.9. The third kappa shape index (κ3) is 2.76. The van der Waals surface area contributed by atoms with Crippen LogP contribution < -0.4 is 5.32 Å². The summed E-state index contributed by atoms with van der Waals surface area (Å²) in [7, 11) is 0. The molecule has 112 valence electrons. The molecule has 0 fully saturated rings. The first-order chi connectivity index (χ1) is 11.3. The van der Waals surface area contributed by atoms with E-state index in [1.165, 1.54) is 16.7 Å². The van der Waals surface area contributed by atoms with Gasteiger partial charge in [0.2, 0.25) is 0 Å². The summed E-state index contributed by atoms with van der Waals surface area (Å²) in [4.78, 5) is 16.2.